The number of hydrazine groups is 1. The van der Waals surface area contributed by atoms with Crippen LogP contribution in [0.3, 0.4) is 0 Å². The van der Waals surface area contributed by atoms with Gasteiger partial charge < -0.3 is 5.11 Å². The lowest BCUT2D eigenvalue weighted by atomic mass is 9.79. The van der Waals surface area contributed by atoms with Crippen LogP contribution in [0.1, 0.15) is 25.7 Å². The van der Waals surface area contributed by atoms with Gasteiger partial charge in [-0.25, -0.2) is 0 Å². The standard InChI is InChI=1S/C14H18N2O3/c17-13(16-15-10-6-2-1-3-7-10)11-8-4-5-9-12(11)14(18)19/h1-3,6-7,11-12,15H,4-5,8-9H2,(H,16,17)(H,18,19)/t11?,12-/m0/s1. The summed E-state index contributed by atoms with van der Waals surface area (Å²) in [5, 5.41) is 9.14. The molecule has 5 nitrogen and oxygen atoms in total. The lowest BCUT2D eigenvalue weighted by Gasteiger charge is -2.27. The van der Waals surface area contributed by atoms with Gasteiger partial charge in [-0.05, 0) is 25.0 Å². The lowest BCUT2D eigenvalue weighted by molar-refractivity contribution is -0.148. The molecule has 1 saturated carbocycles. The Balaban J connectivity index is 1.93. The van der Waals surface area contributed by atoms with Crippen molar-refractivity contribution in [3.63, 3.8) is 0 Å². The van der Waals surface area contributed by atoms with Crippen molar-refractivity contribution in [1.29, 1.82) is 0 Å². The fourth-order valence-electron chi connectivity index (χ4n) is 2.49. The second-order valence-electron chi connectivity index (χ2n) is 4.82. The zero-order valence-electron chi connectivity index (χ0n) is 10.6. The number of carboxylic acid groups (broad SMARTS) is 1. The smallest absolute Gasteiger partial charge is 0.307 e. The molecule has 3 N–H and O–H groups in total. The molecule has 0 aromatic heterocycles. The fraction of sp³-hybridized carbons (Fsp3) is 0.429. The molecule has 1 amide bonds. The van der Waals surface area contributed by atoms with E-state index < -0.39 is 17.8 Å². The predicted molar refractivity (Wildman–Crippen MR) is 71.3 cm³/mol. The molecule has 1 aliphatic rings. The summed E-state index contributed by atoms with van der Waals surface area (Å²) in [7, 11) is 0. The van der Waals surface area contributed by atoms with Crippen molar-refractivity contribution in [3.8, 4) is 0 Å². The summed E-state index contributed by atoms with van der Waals surface area (Å²) in [6, 6.07) is 9.25. The van der Waals surface area contributed by atoms with E-state index in [1.54, 1.807) is 0 Å². The molecule has 0 radical (unpaired) electrons. The Morgan fingerprint density at radius 2 is 1.68 bits per heavy atom. The van der Waals surface area contributed by atoms with Crippen molar-refractivity contribution in [3.05, 3.63) is 30.3 Å². The number of carboxylic acids is 1. The van der Waals surface area contributed by atoms with Gasteiger partial charge in [0.15, 0.2) is 0 Å². The van der Waals surface area contributed by atoms with Crippen molar-refractivity contribution in [2.24, 2.45) is 11.8 Å². The Hall–Kier alpha value is -2.04. The Morgan fingerprint density at radius 1 is 1.05 bits per heavy atom. The molecule has 1 aromatic rings. The molecule has 2 rings (SSSR count). The van der Waals surface area contributed by atoms with Crippen LogP contribution in [0.5, 0.6) is 0 Å². The first-order valence-corrected chi connectivity index (χ1v) is 6.52. The van der Waals surface area contributed by atoms with E-state index in [2.05, 4.69) is 10.9 Å². The molecule has 1 aliphatic carbocycles. The largest absolute Gasteiger partial charge is 0.481 e. The van der Waals surface area contributed by atoms with Gasteiger partial charge in [-0.15, -0.1) is 0 Å². The Labute approximate surface area is 112 Å². The normalized spacial score (nSPS) is 22.5. The van der Waals surface area contributed by atoms with Gasteiger partial charge >= 0.3 is 5.97 Å². The average Bonchev–Trinajstić information content (AvgIpc) is 2.46. The van der Waals surface area contributed by atoms with Crippen LogP contribution in [0.4, 0.5) is 5.69 Å². The van der Waals surface area contributed by atoms with Crippen LogP contribution in [0.25, 0.3) is 0 Å². The van der Waals surface area contributed by atoms with E-state index in [0.717, 1.165) is 18.5 Å². The van der Waals surface area contributed by atoms with Crippen molar-refractivity contribution < 1.29 is 14.7 Å². The van der Waals surface area contributed by atoms with Crippen LogP contribution in [0.2, 0.25) is 0 Å². The van der Waals surface area contributed by atoms with Crippen LogP contribution in [-0.2, 0) is 9.59 Å². The number of carbonyl (C=O) groups excluding carboxylic acids is 1. The second kappa shape index (κ2) is 6.22. The first kappa shape index (κ1) is 13.4. The van der Waals surface area contributed by atoms with E-state index in [1.165, 1.54) is 0 Å². The summed E-state index contributed by atoms with van der Waals surface area (Å²) >= 11 is 0. The van der Waals surface area contributed by atoms with Gasteiger partial charge in [-0.2, -0.15) is 0 Å². The van der Waals surface area contributed by atoms with E-state index in [1.807, 2.05) is 30.3 Å². The minimum atomic E-state index is -0.875. The average molecular weight is 262 g/mol. The number of carbonyl (C=O) groups is 2. The van der Waals surface area contributed by atoms with E-state index in [0.29, 0.717) is 12.8 Å². The molecule has 0 heterocycles. The Morgan fingerprint density at radius 3 is 2.32 bits per heavy atom. The summed E-state index contributed by atoms with van der Waals surface area (Å²) in [6.45, 7) is 0. The number of rotatable bonds is 4. The number of hydrogen-bond acceptors (Lipinski definition) is 3. The van der Waals surface area contributed by atoms with Gasteiger partial charge in [0, 0.05) is 0 Å². The predicted octanol–water partition coefficient (Wildman–Crippen LogP) is 2.02. The molecule has 0 aliphatic heterocycles. The lowest BCUT2D eigenvalue weighted by Crippen LogP contribution is -2.41. The van der Waals surface area contributed by atoms with Gasteiger partial charge in [0.25, 0.3) is 0 Å². The molecule has 0 saturated heterocycles. The maximum atomic E-state index is 12.0. The highest BCUT2D eigenvalue weighted by atomic mass is 16.4. The van der Waals surface area contributed by atoms with E-state index in [4.69, 9.17) is 5.11 Å². The highest BCUT2D eigenvalue weighted by Gasteiger charge is 2.35. The zero-order chi connectivity index (χ0) is 13.7. The van der Waals surface area contributed by atoms with Crippen LogP contribution < -0.4 is 10.9 Å². The maximum Gasteiger partial charge on any atom is 0.307 e. The molecule has 19 heavy (non-hydrogen) atoms. The minimum absolute atomic E-state index is 0.240. The van der Waals surface area contributed by atoms with Crippen LogP contribution in [0, 0.1) is 11.8 Å². The van der Waals surface area contributed by atoms with Gasteiger partial charge in [0.2, 0.25) is 5.91 Å². The Bertz CT molecular complexity index is 447. The number of anilines is 1. The molecule has 1 fully saturated rings. The second-order valence-corrected chi connectivity index (χ2v) is 4.82. The SMILES string of the molecule is O=C(NNc1ccccc1)C1CCCC[C@@H]1C(=O)O. The summed E-state index contributed by atoms with van der Waals surface area (Å²) in [6.07, 6.45) is 3.01. The summed E-state index contributed by atoms with van der Waals surface area (Å²) in [4.78, 5) is 23.2. The summed E-state index contributed by atoms with van der Waals surface area (Å²) in [5.74, 6) is -2.12. The fourth-order valence-corrected chi connectivity index (χ4v) is 2.49. The van der Waals surface area contributed by atoms with E-state index in [-0.39, 0.29) is 5.91 Å². The highest BCUT2D eigenvalue weighted by molar-refractivity contribution is 5.85. The first-order chi connectivity index (χ1) is 9.18. The quantitative estimate of drug-likeness (QED) is 0.725. The minimum Gasteiger partial charge on any atom is -0.481 e. The first-order valence-electron chi connectivity index (χ1n) is 6.52. The van der Waals surface area contributed by atoms with Gasteiger partial charge in [-0.3, -0.25) is 20.4 Å². The molecule has 0 bridgehead atoms. The van der Waals surface area contributed by atoms with Gasteiger partial charge in [-0.1, -0.05) is 31.0 Å². The third-order valence-corrected chi connectivity index (χ3v) is 3.52. The van der Waals surface area contributed by atoms with Crippen molar-refractivity contribution in [2.45, 2.75) is 25.7 Å². The van der Waals surface area contributed by atoms with Crippen molar-refractivity contribution >= 4 is 17.6 Å². The number of aliphatic carboxylic acids is 1. The zero-order valence-corrected chi connectivity index (χ0v) is 10.6. The van der Waals surface area contributed by atoms with E-state index >= 15 is 0 Å². The molecule has 5 heteroatoms. The van der Waals surface area contributed by atoms with Crippen LogP contribution in [0.15, 0.2) is 30.3 Å². The number of nitrogens with one attached hydrogen (secondary N) is 2. The molecule has 1 unspecified atom stereocenters. The molecular weight excluding hydrogens is 244 g/mol. The molecule has 102 valence electrons. The summed E-state index contributed by atoms with van der Waals surface area (Å²) < 4.78 is 0. The van der Waals surface area contributed by atoms with Gasteiger partial charge in [0.1, 0.15) is 0 Å². The number of hydrogen-bond donors (Lipinski definition) is 3. The number of amides is 1. The highest BCUT2D eigenvalue weighted by Crippen LogP contribution is 2.30. The number of benzene rings is 1. The van der Waals surface area contributed by atoms with Crippen molar-refractivity contribution in [1.82, 2.24) is 5.43 Å². The molecule has 1 aromatic carbocycles. The van der Waals surface area contributed by atoms with Crippen LogP contribution in [-0.4, -0.2) is 17.0 Å². The third kappa shape index (κ3) is 3.47. The molecule has 2 atom stereocenters. The molecule has 0 spiro atoms. The van der Waals surface area contributed by atoms with Crippen LogP contribution >= 0.6 is 0 Å². The topological polar surface area (TPSA) is 78.4 Å². The Kier molecular flexibility index (Phi) is 4.39. The maximum absolute atomic E-state index is 12.0. The van der Waals surface area contributed by atoms with Crippen molar-refractivity contribution in [2.75, 3.05) is 5.43 Å². The summed E-state index contributed by atoms with van der Waals surface area (Å²) in [5.41, 5.74) is 6.19. The monoisotopic (exact) mass is 262 g/mol. The third-order valence-electron chi connectivity index (χ3n) is 3.52. The van der Waals surface area contributed by atoms with Gasteiger partial charge in [0.05, 0.1) is 17.5 Å². The van der Waals surface area contributed by atoms with E-state index in [9.17, 15) is 9.59 Å². The molecular formula is C14H18N2O3. The number of para-hydroxylation sites is 1.